The monoisotopic (exact) mass is 614 g/mol. The number of ether oxygens (including phenoxy) is 2. The number of nitrogens with zero attached hydrogens (tertiary/aromatic N) is 3. The van der Waals surface area contributed by atoms with Crippen LogP contribution in [-0.4, -0.2) is 58.2 Å². The number of hydrogen-bond donors (Lipinski definition) is 3. The van der Waals surface area contributed by atoms with Gasteiger partial charge in [-0.1, -0.05) is 6.07 Å². The third kappa shape index (κ3) is 7.93. The fourth-order valence-electron chi connectivity index (χ4n) is 5.05. The van der Waals surface area contributed by atoms with E-state index in [1.165, 1.54) is 12.1 Å². The number of hydrogen-bond acceptors (Lipinski definition) is 9. The maximum Gasteiger partial charge on any atom is 0.411 e. The van der Waals surface area contributed by atoms with Crippen molar-refractivity contribution in [3.8, 4) is 0 Å². The van der Waals surface area contributed by atoms with Crippen molar-refractivity contribution in [1.82, 2.24) is 9.97 Å². The van der Waals surface area contributed by atoms with E-state index in [0.29, 0.717) is 11.2 Å². The molecule has 2 aromatic heterocycles. The van der Waals surface area contributed by atoms with Gasteiger partial charge < -0.3 is 24.7 Å². The maximum atomic E-state index is 13.3. The molecule has 234 valence electrons. The van der Waals surface area contributed by atoms with E-state index in [1.807, 2.05) is 12.1 Å². The summed E-state index contributed by atoms with van der Waals surface area (Å²) in [6.07, 6.45) is 4.33. The van der Waals surface area contributed by atoms with Gasteiger partial charge in [0.25, 0.3) is 11.6 Å². The van der Waals surface area contributed by atoms with Crippen LogP contribution >= 0.6 is 0 Å². The second-order valence-corrected chi connectivity index (χ2v) is 11.8. The van der Waals surface area contributed by atoms with Crippen LogP contribution in [0.3, 0.4) is 0 Å². The lowest BCUT2D eigenvalue weighted by atomic mass is 9.97. The maximum absolute atomic E-state index is 13.3. The van der Waals surface area contributed by atoms with Crippen LogP contribution in [0.25, 0.3) is 10.9 Å². The van der Waals surface area contributed by atoms with E-state index in [0.717, 1.165) is 43.1 Å². The lowest BCUT2D eigenvalue weighted by molar-refractivity contribution is -0.384. The molecule has 0 aliphatic carbocycles. The molecule has 13 nitrogen and oxygen atoms in total. The fourth-order valence-corrected chi connectivity index (χ4v) is 5.05. The Kier molecular flexibility index (Phi) is 8.98. The molecule has 1 aliphatic heterocycles. The van der Waals surface area contributed by atoms with E-state index in [-0.39, 0.29) is 35.2 Å². The summed E-state index contributed by atoms with van der Waals surface area (Å²) in [5, 5.41) is 17.4. The number of piperidine rings is 1. The van der Waals surface area contributed by atoms with E-state index in [4.69, 9.17) is 9.47 Å². The number of H-pyrrole nitrogens is 1. The smallest absolute Gasteiger partial charge is 0.411 e. The highest BCUT2D eigenvalue weighted by Gasteiger charge is 2.23. The minimum atomic E-state index is -0.816. The SMILES string of the molecule is CC(C)(C)OC(=O)c1cc2ccc(NC(=O)c3ccc([N+](=O)[O-])cc3NC(=O)OCC3CCN(c4ccncc4)CC3)cc2[nH]1. The number of nitro groups is 1. The Morgan fingerprint density at radius 2 is 1.76 bits per heavy atom. The van der Waals surface area contributed by atoms with Gasteiger partial charge >= 0.3 is 12.1 Å². The average molecular weight is 615 g/mol. The number of nitrogens with one attached hydrogen (secondary N) is 3. The van der Waals surface area contributed by atoms with Crippen molar-refractivity contribution in [2.75, 3.05) is 35.2 Å². The first-order valence-corrected chi connectivity index (χ1v) is 14.5. The Balaban J connectivity index is 1.23. The van der Waals surface area contributed by atoms with Gasteiger partial charge in [0, 0.05) is 59.9 Å². The number of non-ortho nitro benzene ring substituents is 1. The number of esters is 1. The summed E-state index contributed by atoms with van der Waals surface area (Å²) in [5.74, 6) is -0.962. The Hall–Kier alpha value is -5.46. The molecule has 1 saturated heterocycles. The minimum Gasteiger partial charge on any atom is -0.455 e. The summed E-state index contributed by atoms with van der Waals surface area (Å²) >= 11 is 0. The molecular formula is C32H34N6O7. The normalized spacial score (nSPS) is 13.7. The Morgan fingerprint density at radius 1 is 1.02 bits per heavy atom. The van der Waals surface area contributed by atoms with Crippen LogP contribution in [-0.2, 0) is 9.47 Å². The second-order valence-electron chi connectivity index (χ2n) is 11.8. The van der Waals surface area contributed by atoms with Crippen LogP contribution < -0.4 is 15.5 Å². The molecule has 13 heteroatoms. The van der Waals surface area contributed by atoms with Gasteiger partial charge in [-0.15, -0.1) is 0 Å². The van der Waals surface area contributed by atoms with Gasteiger partial charge in [0.05, 0.1) is 22.8 Å². The van der Waals surface area contributed by atoms with E-state index in [2.05, 4.69) is 25.5 Å². The Bertz CT molecular complexity index is 1720. The van der Waals surface area contributed by atoms with Crippen LogP contribution in [0.4, 0.5) is 27.5 Å². The Labute approximate surface area is 259 Å². The highest BCUT2D eigenvalue weighted by Crippen LogP contribution is 2.27. The number of benzene rings is 2. The zero-order valence-electron chi connectivity index (χ0n) is 25.2. The molecule has 0 unspecified atom stereocenters. The van der Waals surface area contributed by atoms with Gasteiger partial charge in [-0.3, -0.25) is 25.2 Å². The molecule has 0 atom stereocenters. The van der Waals surface area contributed by atoms with E-state index < -0.39 is 28.5 Å². The number of aromatic nitrogens is 2. The number of anilines is 3. The largest absolute Gasteiger partial charge is 0.455 e. The molecule has 3 heterocycles. The lowest BCUT2D eigenvalue weighted by Crippen LogP contribution is -2.35. The zero-order chi connectivity index (χ0) is 32.1. The molecule has 0 radical (unpaired) electrons. The number of fused-ring (bicyclic) bond motifs is 1. The van der Waals surface area contributed by atoms with E-state index >= 15 is 0 Å². The zero-order valence-corrected chi connectivity index (χ0v) is 25.2. The van der Waals surface area contributed by atoms with Crippen LogP contribution in [0.2, 0.25) is 0 Å². The van der Waals surface area contributed by atoms with Crippen LogP contribution in [0, 0.1) is 16.0 Å². The highest BCUT2D eigenvalue weighted by molar-refractivity contribution is 6.10. The topological polar surface area (TPSA) is 169 Å². The van der Waals surface area contributed by atoms with Crippen LogP contribution in [0.1, 0.15) is 54.5 Å². The molecular weight excluding hydrogens is 580 g/mol. The molecule has 0 saturated carbocycles. The first-order chi connectivity index (χ1) is 21.4. The summed E-state index contributed by atoms with van der Waals surface area (Å²) in [6.45, 7) is 7.12. The van der Waals surface area contributed by atoms with Crippen molar-refractivity contribution >= 4 is 51.6 Å². The Morgan fingerprint density at radius 3 is 2.44 bits per heavy atom. The van der Waals surface area contributed by atoms with Crippen LogP contribution in [0.15, 0.2) is 67.0 Å². The summed E-state index contributed by atoms with van der Waals surface area (Å²) in [6, 6.07) is 14.2. The van der Waals surface area contributed by atoms with Crippen molar-refractivity contribution in [2.45, 2.75) is 39.2 Å². The fraction of sp³-hybridized carbons (Fsp3) is 0.312. The number of carbonyl (C=O) groups is 3. The summed E-state index contributed by atoms with van der Waals surface area (Å²) < 4.78 is 10.9. The molecule has 1 fully saturated rings. The van der Waals surface area contributed by atoms with E-state index in [9.17, 15) is 24.5 Å². The van der Waals surface area contributed by atoms with Gasteiger partial charge in [0.1, 0.15) is 11.3 Å². The predicted octanol–water partition coefficient (Wildman–Crippen LogP) is 6.14. The summed E-state index contributed by atoms with van der Waals surface area (Å²) in [4.78, 5) is 58.6. The first-order valence-electron chi connectivity index (χ1n) is 14.5. The molecule has 4 aromatic rings. The molecule has 2 amide bonds. The van der Waals surface area contributed by atoms with Crippen molar-refractivity contribution < 1.29 is 28.8 Å². The first kappa shape index (κ1) is 31.0. The molecule has 0 bridgehead atoms. The van der Waals surface area contributed by atoms with Crippen molar-refractivity contribution in [1.29, 1.82) is 0 Å². The van der Waals surface area contributed by atoms with Crippen LogP contribution in [0.5, 0.6) is 0 Å². The number of carbonyl (C=O) groups excluding carboxylic acids is 3. The third-order valence-electron chi connectivity index (χ3n) is 7.29. The van der Waals surface area contributed by atoms with Gasteiger partial charge in [-0.25, -0.2) is 9.59 Å². The summed E-state index contributed by atoms with van der Waals surface area (Å²) in [5.41, 5.74) is 1.33. The number of amides is 2. The van der Waals surface area contributed by atoms with Gasteiger partial charge in [-0.2, -0.15) is 0 Å². The number of rotatable bonds is 8. The highest BCUT2D eigenvalue weighted by atomic mass is 16.6. The standard InChI is InChI=1S/C32H34N6O7/c1-32(2,3)45-30(40)28-16-21-4-5-22(17-26(21)35-28)34-29(39)25-7-6-24(38(42)43)18-27(25)36-31(41)44-19-20-10-14-37(15-11-20)23-8-12-33-13-9-23/h4-9,12-13,16-18,20,35H,10-11,14-15,19H2,1-3H3,(H,34,39)(H,36,41). The van der Waals surface area contributed by atoms with Gasteiger partial charge in [-0.05, 0) is 75.9 Å². The molecule has 1 aliphatic rings. The summed E-state index contributed by atoms with van der Waals surface area (Å²) in [7, 11) is 0. The number of nitro benzene ring substituents is 1. The van der Waals surface area contributed by atoms with Crippen molar-refractivity contribution in [3.63, 3.8) is 0 Å². The minimum absolute atomic E-state index is 0.00392. The van der Waals surface area contributed by atoms with E-state index in [1.54, 1.807) is 57.4 Å². The molecule has 0 spiro atoms. The molecule has 2 aromatic carbocycles. The second kappa shape index (κ2) is 13.0. The van der Waals surface area contributed by atoms with Gasteiger partial charge in [0.2, 0.25) is 0 Å². The molecule has 5 rings (SSSR count). The predicted molar refractivity (Wildman–Crippen MR) is 169 cm³/mol. The van der Waals surface area contributed by atoms with Crippen molar-refractivity contribution in [2.24, 2.45) is 5.92 Å². The quantitative estimate of drug-likeness (QED) is 0.120. The number of pyridine rings is 1. The molecule has 3 N–H and O–H groups in total. The average Bonchev–Trinajstić information content (AvgIpc) is 3.44. The van der Waals surface area contributed by atoms with Crippen molar-refractivity contribution in [3.05, 3.63) is 88.4 Å². The van der Waals surface area contributed by atoms with Gasteiger partial charge in [0.15, 0.2) is 0 Å². The molecule has 45 heavy (non-hydrogen) atoms. The third-order valence-corrected chi connectivity index (χ3v) is 7.29. The lowest BCUT2D eigenvalue weighted by Gasteiger charge is -2.33. The number of aromatic amines is 1.